The van der Waals surface area contributed by atoms with Crippen molar-refractivity contribution in [2.45, 2.75) is 14.9 Å². The van der Waals surface area contributed by atoms with E-state index in [-0.39, 0.29) is 0 Å². The summed E-state index contributed by atoms with van der Waals surface area (Å²) in [7, 11) is 0. The zero-order valence-electron chi connectivity index (χ0n) is 4.85. The molecule has 1 fully saturated rings. The molecule has 0 aliphatic carbocycles. The summed E-state index contributed by atoms with van der Waals surface area (Å²) in [5.74, 6) is 0. The van der Waals surface area contributed by atoms with Crippen molar-refractivity contribution < 1.29 is 0 Å². The molecule has 1 rings (SSSR count). The molecule has 0 unspecified atom stereocenters. The van der Waals surface area contributed by atoms with Gasteiger partial charge in [0.15, 0.2) is 0 Å². The van der Waals surface area contributed by atoms with Gasteiger partial charge in [0.25, 0.3) is 0 Å². The van der Waals surface area contributed by atoms with E-state index in [4.69, 9.17) is 0 Å². The van der Waals surface area contributed by atoms with Gasteiger partial charge in [-0.15, -0.1) is 0 Å². The Morgan fingerprint density at radius 1 is 1.00 bits per heavy atom. The van der Waals surface area contributed by atoms with E-state index < -0.39 is 0 Å². The van der Waals surface area contributed by atoms with Crippen LogP contribution in [0.1, 0.15) is 0 Å². The molecule has 0 saturated carbocycles. The molecule has 1 saturated heterocycles. The van der Waals surface area contributed by atoms with Gasteiger partial charge in [0.1, 0.15) is 0 Å². The zero-order valence-corrected chi connectivity index (χ0v) is 8.28. The Kier molecular flexibility index (Phi) is 4.30. The van der Waals surface area contributed by atoms with Crippen LogP contribution < -0.4 is 5.32 Å². The van der Waals surface area contributed by atoms with Crippen LogP contribution in [-0.2, 0) is 0 Å². The van der Waals surface area contributed by atoms with Crippen LogP contribution in [0.3, 0.4) is 0 Å². The SMILES string of the molecule is C1C[Se]C[Se]CCN1. The maximum atomic E-state index is 3.42. The molecule has 0 amide bonds. The molecule has 1 aliphatic heterocycles. The van der Waals surface area contributed by atoms with Gasteiger partial charge in [0.2, 0.25) is 0 Å². The average molecular weight is 243 g/mol. The molecular formula is C5H11NSe2. The van der Waals surface area contributed by atoms with Gasteiger partial charge in [0, 0.05) is 0 Å². The van der Waals surface area contributed by atoms with Gasteiger partial charge in [0.05, 0.1) is 0 Å². The maximum absolute atomic E-state index is 3.42. The molecule has 0 aromatic heterocycles. The van der Waals surface area contributed by atoms with Gasteiger partial charge >= 0.3 is 63.2 Å². The van der Waals surface area contributed by atoms with Crippen LogP contribution in [0.2, 0.25) is 14.9 Å². The molecular weight excluding hydrogens is 232 g/mol. The van der Waals surface area contributed by atoms with Gasteiger partial charge < -0.3 is 0 Å². The molecule has 8 heavy (non-hydrogen) atoms. The summed E-state index contributed by atoms with van der Waals surface area (Å²) in [6, 6.07) is 0. The second kappa shape index (κ2) is 4.84. The number of rotatable bonds is 0. The quantitative estimate of drug-likeness (QED) is 0.600. The van der Waals surface area contributed by atoms with Gasteiger partial charge in [-0.1, -0.05) is 0 Å². The molecule has 0 spiro atoms. The summed E-state index contributed by atoms with van der Waals surface area (Å²) < 4.78 is 1.58. The Hall–Kier alpha value is 0.999. The summed E-state index contributed by atoms with van der Waals surface area (Å²) in [5.41, 5.74) is 0. The van der Waals surface area contributed by atoms with Crippen molar-refractivity contribution in [2.24, 2.45) is 0 Å². The Bertz CT molecular complexity index is 34.4. The normalized spacial score (nSPS) is 24.0. The summed E-state index contributed by atoms with van der Waals surface area (Å²) in [6.07, 6.45) is 0. The van der Waals surface area contributed by atoms with E-state index in [1.54, 1.807) is 4.22 Å². The van der Waals surface area contributed by atoms with E-state index in [2.05, 4.69) is 5.32 Å². The number of hydrogen-bond acceptors (Lipinski definition) is 1. The molecule has 1 aliphatic rings. The molecule has 48 valence electrons. The third-order valence-corrected chi connectivity index (χ3v) is 7.41. The molecule has 1 nitrogen and oxygen atoms in total. The molecule has 0 atom stereocenters. The average Bonchev–Trinajstić information content (AvgIpc) is 1.62. The first kappa shape index (κ1) is 7.11. The predicted molar refractivity (Wildman–Crippen MR) is 38.8 cm³/mol. The van der Waals surface area contributed by atoms with Crippen molar-refractivity contribution in [1.82, 2.24) is 5.32 Å². The molecule has 3 heteroatoms. The second-order valence-electron chi connectivity index (χ2n) is 1.68. The van der Waals surface area contributed by atoms with Gasteiger partial charge in [-0.05, 0) is 0 Å². The van der Waals surface area contributed by atoms with E-state index in [9.17, 15) is 0 Å². The topological polar surface area (TPSA) is 12.0 Å². The predicted octanol–water partition coefficient (Wildman–Crippen LogP) is 0.210. The summed E-state index contributed by atoms with van der Waals surface area (Å²) in [4.78, 5) is 0. The van der Waals surface area contributed by atoms with E-state index in [1.807, 2.05) is 0 Å². The monoisotopic (exact) mass is 245 g/mol. The van der Waals surface area contributed by atoms with Crippen LogP contribution in [0.4, 0.5) is 0 Å². The third kappa shape index (κ3) is 3.11. The first-order valence-corrected chi connectivity index (χ1v) is 7.71. The third-order valence-electron chi connectivity index (χ3n) is 1.01. The van der Waals surface area contributed by atoms with Crippen LogP contribution in [0.5, 0.6) is 0 Å². The molecule has 0 aromatic rings. The van der Waals surface area contributed by atoms with Crippen molar-refractivity contribution in [2.75, 3.05) is 13.1 Å². The van der Waals surface area contributed by atoms with Crippen LogP contribution in [0.15, 0.2) is 0 Å². The van der Waals surface area contributed by atoms with E-state index >= 15 is 0 Å². The Morgan fingerprint density at radius 3 is 2.25 bits per heavy atom. The molecule has 1 heterocycles. The van der Waals surface area contributed by atoms with Crippen LogP contribution in [0, 0.1) is 0 Å². The number of hydrogen-bond donors (Lipinski definition) is 1. The minimum absolute atomic E-state index is 0.993. The van der Waals surface area contributed by atoms with Gasteiger partial charge in [-0.25, -0.2) is 0 Å². The van der Waals surface area contributed by atoms with E-state index in [0.717, 1.165) is 29.9 Å². The van der Waals surface area contributed by atoms with E-state index in [1.165, 1.54) is 23.7 Å². The number of nitrogens with one attached hydrogen (secondary N) is 1. The fourth-order valence-corrected chi connectivity index (χ4v) is 6.40. The molecule has 0 radical (unpaired) electrons. The Balaban J connectivity index is 2.00. The van der Waals surface area contributed by atoms with Crippen LogP contribution >= 0.6 is 0 Å². The standard InChI is InChI=1S/C5H11NSe2/c1-3-7-5-8-4-2-6-1/h6H,1-5H2. The first-order valence-electron chi connectivity index (χ1n) is 2.86. The van der Waals surface area contributed by atoms with Gasteiger partial charge in [-0.2, -0.15) is 0 Å². The Morgan fingerprint density at radius 2 is 1.62 bits per heavy atom. The molecule has 0 aromatic carbocycles. The van der Waals surface area contributed by atoms with Crippen molar-refractivity contribution >= 4 is 29.9 Å². The van der Waals surface area contributed by atoms with Crippen molar-refractivity contribution in [3.8, 4) is 0 Å². The molecule has 1 N–H and O–H groups in total. The zero-order chi connectivity index (χ0) is 5.66. The van der Waals surface area contributed by atoms with Crippen LogP contribution in [0.25, 0.3) is 0 Å². The second-order valence-corrected chi connectivity index (χ2v) is 8.17. The van der Waals surface area contributed by atoms with E-state index in [0.29, 0.717) is 0 Å². The molecule has 0 bridgehead atoms. The fourth-order valence-electron chi connectivity index (χ4n) is 0.590. The van der Waals surface area contributed by atoms with Crippen LogP contribution in [-0.4, -0.2) is 43.0 Å². The van der Waals surface area contributed by atoms with Gasteiger partial charge in [-0.3, -0.25) is 0 Å². The Labute approximate surface area is 63.3 Å². The summed E-state index contributed by atoms with van der Waals surface area (Å²) in [5, 5.41) is 6.35. The first-order chi connectivity index (χ1) is 4.00. The summed E-state index contributed by atoms with van der Waals surface area (Å²) in [6.45, 7) is 2.58. The van der Waals surface area contributed by atoms with Crippen molar-refractivity contribution in [1.29, 1.82) is 0 Å². The van der Waals surface area contributed by atoms with Crippen molar-refractivity contribution in [3.63, 3.8) is 0 Å². The van der Waals surface area contributed by atoms with Crippen molar-refractivity contribution in [3.05, 3.63) is 0 Å². The fraction of sp³-hybridized carbons (Fsp3) is 1.00. The summed E-state index contributed by atoms with van der Waals surface area (Å²) >= 11 is 1.99. The minimum atomic E-state index is 0.993.